The lowest BCUT2D eigenvalue weighted by Crippen LogP contribution is -2.41. The summed E-state index contributed by atoms with van der Waals surface area (Å²) in [5.74, 6) is 1.40. The van der Waals surface area contributed by atoms with Gasteiger partial charge >= 0.3 is 0 Å². The van der Waals surface area contributed by atoms with Crippen LogP contribution in [0, 0.1) is 12.8 Å². The fraction of sp³-hybridized carbons (Fsp3) is 0.381. The zero-order valence-corrected chi connectivity index (χ0v) is 17.0. The van der Waals surface area contributed by atoms with E-state index < -0.39 is 0 Å². The average Bonchev–Trinajstić information content (AvgIpc) is 3.47. The first-order valence-electron chi connectivity index (χ1n) is 8.95. The highest BCUT2D eigenvalue weighted by Crippen LogP contribution is 2.41. The molecule has 0 aliphatic heterocycles. The van der Waals surface area contributed by atoms with Crippen LogP contribution in [-0.2, 0) is 4.79 Å². The average molecular weight is 417 g/mol. The Balaban J connectivity index is 1.67. The topological polar surface area (TPSA) is 50.4 Å². The molecule has 0 spiro atoms. The molecule has 1 aliphatic carbocycles. The van der Waals surface area contributed by atoms with Gasteiger partial charge in [-0.1, -0.05) is 18.2 Å². The van der Waals surface area contributed by atoms with Crippen LogP contribution >= 0.6 is 15.9 Å². The predicted octanol–water partition coefficient (Wildman–Crippen LogP) is 4.83. The van der Waals surface area contributed by atoms with E-state index in [1.54, 1.807) is 7.11 Å². The minimum absolute atomic E-state index is 0.0336. The van der Waals surface area contributed by atoms with Crippen LogP contribution in [0.1, 0.15) is 36.9 Å². The van der Waals surface area contributed by atoms with E-state index in [1.807, 2.05) is 44.2 Å². The van der Waals surface area contributed by atoms with Crippen molar-refractivity contribution in [2.45, 2.75) is 38.8 Å². The summed E-state index contributed by atoms with van der Waals surface area (Å²) in [6.45, 7) is 3.94. The molecule has 26 heavy (non-hydrogen) atoms. The summed E-state index contributed by atoms with van der Waals surface area (Å²) < 4.78 is 6.14. The number of rotatable bonds is 7. The van der Waals surface area contributed by atoms with Crippen LogP contribution < -0.4 is 15.4 Å². The second kappa shape index (κ2) is 8.23. The molecule has 0 bridgehead atoms. The van der Waals surface area contributed by atoms with Gasteiger partial charge in [0, 0.05) is 10.5 Å². The molecular formula is C21H25BrN2O2. The summed E-state index contributed by atoms with van der Waals surface area (Å²) in [4.78, 5) is 12.6. The monoisotopic (exact) mass is 416 g/mol. The third-order valence-electron chi connectivity index (χ3n) is 4.77. The second-order valence-corrected chi connectivity index (χ2v) is 7.80. The van der Waals surface area contributed by atoms with Crippen LogP contribution in [0.15, 0.2) is 46.9 Å². The Morgan fingerprint density at radius 1 is 1.19 bits per heavy atom. The first-order chi connectivity index (χ1) is 12.5. The third kappa shape index (κ3) is 4.65. The molecule has 138 valence electrons. The Labute approximate surface area is 163 Å². The Bertz CT molecular complexity index is 772. The number of hydrogen-bond acceptors (Lipinski definition) is 3. The van der Waals surface area contributed by atoms with Gasteiger partial charge in [-0.05, 0) is 83.9 Å². The van der Waals surface area contributed by atoms with Crippen molar-refractivity contribution in [2.24, 2.45) is 5.92 Å². The molecule has 2 aromatic rings. The molecule has 3 rings (SSSR count). The van der Waals surface area contributed by atoms with Crippen LogP contribution in [0.25, 0.3) is 0 Å². The number of ether oxygens (including phenoxy) is 1. The molecule has 0 aromatic heterocycles. The molecule has 4 nitrogen and oxygen atoms in total. The maximum atomic E-state index is 12.6. The molecule has 1 aliphatic rings. The number of carbonyl (C=O) groups is 1. The molecule has 2 atom stereocenters. The number of methoxy groups -OCH3 is 1. The quantitative estimate of drug-likeness (QED) is 0.678. The van der Waals surface area contributed by atoms with Crippen LogP contribution in [-0.4, -0.2) is 19.1 Å². The molecule has 0 saturated heterocycles. The lowest BCUT2D eigenvalue weighted by Gasteiger charge is -2.24. The van der Waals surface area contributed by atoms with Gasteiger partial charge in [0.2, 0.25) is 5.91 Å². The van der Waals surface area contributed by atoms with Gasteiger partial charge in [0.1, 0.15) is 5.75 Å². The molecule has 0 heterocycles. The molecule has 2 N–H and O–H groups in total. The molecule has 2 aromatic carbocycles. The van der Waals surface area contributed by atoms with E-state index in [0.29, 0.717) is 5.92 Å². The van der Waals surface area contributed by atoms with Crippen molar-refractivity contribution < 1.29 is 9.53 Å². The number of carbonyl (C=O) groups excluding carboxylic acids is 1. The maximum absolute atomic E-state index is 12.6. The Kier molecular flexibility index (Phi) is 5.99. The van der Waals surface area contributed by atoms with E-state index in [0.717, 1.165) is 21.5 Å². The number of halogens is 1. The van der Waals surface area contributed by atoms with Gasteiger partial charge in [-0.2, -0.15) is 0 Å². The van der Waals surface area contributed by atoms with Crippen molar-refractivity contribution in [1.29, 1.82) is 0 Å². The van der Waals surface area contributed by atoms with E-state index in [-0.39, 0.29) is 18.0 Å². The summed E-state index contributed by atoms with van der Waals surface area (Å²) in [6, 6.07) is 13.9. The highest BCUT2D eigenvalue weighted by Gasteiger charge is 2.34. The number of aryl methyl sites for hydroxylation is 1. The predicted molar refractivity (Wildman–Crippen MR) is 109 cm³/mol. The van der Waals surface area contributed by atoms with Crippen molar-refractivity contribution in [3.63, 3.8) is 0 Å². The van der Waals surface area contributed by atoms with Crippen LogP contribution in [0.2, 0.25) is 0 Å². The number of amides is 1. The minimum atomic E-state index is -0.295. The Morgan fingerprint density at radius 3 is 2.46 bits per heavy atom. The van der Waals surface area contributed by atoms with Crippen LogP contribution in [0.4, 0.5) is 5.69 Å². The van der Waals surface area contributed by atoms with Crippen molar-refractivity contribution in [1.82, 2.24) is 5.32 Å². The minimum Gasteiger partial charge on any atom is -0.497 e. The maximum Gasteiger partial charge on any atom is 0.241 e. The standard InChI is InChI=1S/C21H25BrN2O2/c1-13-4-11-19(18(22)12-13)24-21(25)14(2)23-20(15-5-6-15)16-7-9-17(26-3)10-8-16/h4,7-12,14-15,20,23H,5-6H2,1-3H3,(H,24,25). The summed E-state index contributed by atoms with van der Waals surface area (Å²) in [7, 11) is 1.67. The summed E-state index contributed by atoms with van der Waals surface area (Å²) in [5, 5.41) is 6.52. The van der Waals surface area contributed by atoms with Crippen molar-refractivity contribution >= 4 is 27.5 Å². The largest absolute Gasteiger partial charge is 0.497 e. The molecule has 1 fully saturated rings. The van der Waals surface area contributed by atoms with Gasteiger partial charge in [0.15, 0.2) is 0 Å². The van der Waals surface area contributed by atoms with Gasteiger partial charge in [-0.3, -0.25) is 10.1 Å². The van der Waals surface area contributed by atoms with Crippen molar-refractivity contribution in [2.75, 3.05) is 12.4 Å². The fourth-order valence-corrected chi connectivity index (χ4v) is 3.65. The van der Waals surface area contributed by atoms with Gasteiger partial charge < -0.3 is 10.1 Å². The fourth-order valence-electron chi connectivity index (χ4n) is 3.05. The first kappa shape index (κ1) is 18.9. The number of hydrogen-bond donors (Lipinski definition) is 2. The van der Waals surface area contributed by atoms with Gasteiger partial charge in [-0.25, -0.2) is 0 Å². The molecular weight excluding hydrogens is 392 g/mol. The molecule has 2 unspecified atom stereocenters. The number of nitrogens with one attached hydrogen (secondary N) is 2. The van der Waals surface area contributed by atoms with Gasteiger partial charge in [0.25, 0.3) is 0 Å². The van der Waals surface area contributed by atoms with E-state index in [4.69, 9.17) is 4.74 Å². The van der Waals surface area contributed by atoms with Crippen LogP contribution in [0.3, 0.4) is 0 Å². The number of benzene rings is 2. The lowest BCUT2D eigenvalue weighted by atomic mass is 10.0. The molecule has 0 radical (unpaired) electrons. The van der Waals surface area contributed by atoms with Crippen molar-refractivity contribution in [3.05, 3.63) is 58.1 Å². The molecule has 5 heteroatoms. The van der Waals surface area contributed by atoms with E-state index in [9.17, 15) is 4.79 Å². The SMILES string of the molecule is COc1ccc(C(NC(C)C(=O)Nc2ccc(C)cc2Br)C2CC2)cc1. The third-order valence-corrected chi connectivity index (χ3v) is 5.43. The Hall–Kier alpha value is -1.85. The first-order valence-corrected chi connectivity index (χ1v) is 9.74. The normalized spacial score (nSPS) is 16.0. The van der Waals surface area contributed by atoms with Crippen LogP contribution in [0.5, 0.6) is 5.75 Å². The smallest absolute Gasteiger partial charge is 0.241 e. The van der Waals surface area contributed by atoms with Gasteiger partial charge in [0.05, 0.1) is 18.8 Å². The summed E-state index contributed by atoms with van der Waals surface area (Å²) in [5.41, 5.74) is 3.14. The van der Waals surface area contributed by atoms with Crippen molar-refractivity contribution in [3.8, 4) is 5.75 Å². The highest BCUT2D eigenvalue weighted by molar-refractivity contribution is 9.10. The lowest BCUT2D eigenvalue weighted by molar-refractivity contribution is -0.118. The van der Waals surface area contributed by atoms with E-state index in [1.165, 1.54) is 18.4 Å². The van der Waals surface area contributed by atoms with E-state index in [2.05, 4.69) is 38.7 Å². The molecule has 1 saturated carbocycles. The zero-order valence-electron chi connectivity index (χ0n) is 15.4. The summed E-state index contributed by atoms with van der Waals surface area (Å²) in [6.07, 6.45) is 2.39. The van der Waals surface area contributed by atoms with E-state index >= 15 is 0 Å². The highest BCUT2D eigenvalue weighted by atomic mass is 79.9. The van der Waals surface area contributed by atoms with Gasteiger partial charge in [-0.15, -0.1) is 0 Å². The second-order valence-electron chi connectivity index (χ2n) is 6.95. The molecule has 1 amide bonds. The summed E-state index contributed by atoms with van der Waals surface area (Å²) >= 11 is 3.51. The Morgan fingerprint density at radius 2 is 1.88 bits per heavy atom. The zero-order chi connectivity index (χ0) is 18.7. The number of anilines is 1.